The molecule has 0 aliphatic carbocycles. The average Bonchev–Trinajstić information content (AvgIpc) is 2.55. The molecule has 1 aromatic rings. The lowest BCUT2D eigenvalue weighted by molar-refractivity contribution is -0.127. The molecule has 0 saturated heterocycles. The second-order valence-electron chi connectivity index (χ2n) is 6.61. The van der Waals surface area contributed by atoms with Gasteiger partial charge in [0.25, 0.3) is 5.91 Å². The minimum Gasteiger partial charge on any atom is -0.481 e. The monoisotopic (exact) mass is 319 g/mol. The number of para-hydroxylation sites is 1. The summed E-state index contributed by atoms with van der Waals surface area (Å²) in [4.78, 5) is 12.3. The van der Waals surface area contributed by atoms with Gasteiger partial charge in [-0.1, -0.05) is 65.2 Å². The molecule has 0 heterocycles. The van der Waals surface area contributed by atoms with Gasteiger partial charge in [-0.2, -0.15) is 0 Å². The van der Waals surface area contributed by atoms with Crippen LogP contribution in [0.1, 0.15) is 71.8 Å². The molecule has 0 fully saturated rings. The Hall–Kier alpha value is -1.51. The lowest BCUT2D eigenvalue weighted by atomic mass is 9.99. The van der Waals surface area contributed by atoms with Crippen molar-refractivity contribution in [2.45, 2.75) is 72.3 Å². The van der Waals surface area contributed by atoms with Crippen LogP contribution in [0, 0.1) is 5.92 Å². The molecule has 130 valence electrons. The van der Waals surface area contributed by atoms with Crippen LogP contribution in [0.4, 0.5) is 0 Å². The fraction of sp³-hybridized carbons (Fsp3) is 0.650. The molecule has 0 aliphatic heterocycles. The van der Waals surface area contributed by atoms with Gasteiger partial charge < -0.3 is 10.1 Å². The Bertz CT molecular complexity index is 470. The summed E-state index contributed by atoms with van der Waals surface area (Å²) in [7, 11) is 0. The normalized spacial score (nSPS) is 13.7. The van der Waals surface area contributed by atoms with Crippen molar-refractivity contribution in [2.24, 2.45) is 5.92 Å². The first kappa shape index (κ1) is 19.5. The lowest BCUT2D eigenvalue weighted by Crippen LogP contribution is -2.39. The third kappa shape index (κ3) is 6.64. The number of hydrogen-bond donors (Lipinski definition) is 1. The summed E-state index contributed by atoms with van der Waals surface area (Å²) in [6, 6.07) is 7.95. The second-order valence-corrected chi connectivity index (χ2v) is 6.61. The van der Waals surface area contributed by atoms with Crippen LogP contribution in [0.15, 0.2) is 24.3 Å². The number of carbonyl (C=O) groups excluding carboxylic acids is 1. The van der Waals surface area contributed by atoms with Crippen LogP contribution in [0.25, 0.3) is 0 Å². The SMILES string of the molecule is CCCC[C@@H](CC)CNC(=O)[C@@H](C)Oc1ccccc1C(C)C. The third-order valence-corrected chi connectivity index (χ3v) is 4.32. The van der Waals surface area contributed by atoms with E-state index in [0.29, 0.717) is 11.8 Å². The highest BCUT2D eigenvalue weighted by Crippen LogP contribution is 2.26. The number of benzene rings is 1. The Morgan fingerprint density at radius 3 is 2.48 bits per heavy atom. The quantitative estimate of drug-likeness (QED) is 0.665. The van der Waals surface area contributed by atoms with Crippen LogP contribution in [-0.4, -0.2) is 18.6 Å². The van der Waals surface area contributed by atoms with Crippen LogP contribution in [0.5, 0.6) is 5.75 Å². The molecule has 2 atom stereocenters. The van der Waals surface area contributed by atoms with Crippen LogP contribution in [0.3, 0.4) is 0 Å². The lowest BCUT2D eigenvalue weighted by Gasteiger charge is -2.20. The molecule has 1 rings (SSSR count). The van der Waals surface area contributed by atoms with Gasteiger partial charge >= 0.3 is 0 Å². The molecule has 0 radical (unpaired) electrons. The van der Waals surface area contributed by atoms with Crippen LogP contribution in [-0.2, 0) is 4.79 Å². The van der Waals surface area contributed by atoms with E-state index in [-0.39, 0.29) is 5.91 Å². The molecule has 0 unspecified atom stereocenters. The Kier molecular flexibility index (Phi) is 8.75. The van der Waals surface area contributed by atoms with Crippen molar-refractivity contribution < 1.29 is 9.53 Å². The number of amides is 1. The molecule has 0 aromatic heterocycles. The van der Waals surface area contributed by atoms with Crippen molar-refractivity contribution in [2.75, 3.05) is 6.54 Å². The minimum atomic E-state index is -0.474. The first-order valence-electron chi connectivity index (χ1n) is 9.02. The summed E-state index contributed by atoms with van der Waals surface area (Å²) in [6.07, 6.45) is 4.24. The van der Waals surface area contributed by atoms with E-state index >= 15 is 0 Å². The summed E-state index contributed by atoms with van der Waals surface area (Å²) in [5.41, 5.74) is 1.14. The number of ether oxygens (including phenoxy) is 1. The molecule has 1 N–H and O–H groups in total. The topological polar surface area (TPSA) is 38.3 Å². The Morgan fingerprint density at radius 1 is 1.17 bits per heavy atom. The standard InChI is InChI=1S/C20H33NO2/c1-6-8-11-17(7-2)14-21-20(22)16(5)23-19-13-10-9-12-18(19)15(3)4/h9-10,12-13,15-17H,6-8,11,14H2,1-5H3,(H,21,22)/t16-,17-/m1/s1. The highest BCUT2D eigenvalue weighted by atomic mass is 16.5. The second kappa shape index (κ2) is 10.3. The molecule has 0 spiro atoms. The molecule has 3 nitrogen and oxygen atoms in total. The number of carbonyl (C=O) groups is 1. The molecule has 0 aliphatic rings. The van der Waals surface area contributed by atoms with E-state index < -0.39 is 6.10 Å². The van der Waals surface area contributed by atoms with Crippen molar-refractivity contribution in [1.29, 1.82) is 0 Å². The van der Waals surface area contributed by atoms with Gasteiger partial charge in [0.2, 0.25) is 0 Å². The minimum absolute atomic E-state index is 0.0292. The van der Waals surface area contributed by atoms with Crippen LogP contribution < -0.4 is 10.1 Å². The van der Waals surface area contributed by atoms with E-state index in [1.165, 1.54) is 19.3 Å². The largest absolute Gasteiger partial charge is 0.481 e. The average molecular weight is 319 g/mol. The fourth-order valence-corrected chi connectivity index (χ4v) is 2.64. The fourth-order valence-electron chi connectivity index (χ4n) is 2.64. The molecule has 0 saturated carbocycles. The van der Waals surface area contributed by atoms with Gasteiger partial charge in [-0.05, 0) is 36.8 Å². The Morgan fingerprint density at radius 2 is 1.87 bits per heavy atom. The summed E-state index contributed by atoms with van der Waals surface area (Å²) in [5.74, 6) is 1.72. The molecule has 3 heteroatoms. The van der Waals surface area contributed by atoms with Crippen molar-refractivity contribution in [3.63, 3.8) is 0 Å². The smallest absolute Gasteiger partial charge is 0.260 e. The molecule has 1 aromatic carbocycles. The van der Waals surface area contributed by atoms with Gasteiger partial charge in [-0.3, -0.25) is 4.79 Å². The van der Waals surface area contributed by atoms with Gasteiger partial charge in [0, 0.05) is 6.54 Å². The number of rotatable bonds is 10. The predicted octanol–water partition coefficient (Wildman–Crippen LogP) is 4.91. The third-order valence-electron chi connectivity index (χ3n) is 4.32. The van der Waals surface area contributed by atoms with Crippen LogP contribution >= 0.6 is 0 Å². The summed E-state index contributed by atoms with van der Waals surface area (Å²) >= 11 is 0. The number of hydrogen-bond acceptors (Lipinski definition) is 2. The maximum atomic E-state index is 12.3. The number of nitrogens with one attached hydrogen (secondary N) is 1. The van der Waals surface area contributed by atoms with Crippen LogP contribution in [0.2, 0.25) is 0 Å². The molecule has 1 amide bonds. The molecular weight excluding hydrogens is 286 g/mol. The zero-order chi connectivity index (χ0) is 17.2. The predicted molar refractivity (Wildman–Crippen MR) is 96.9 cm³/mol. The highest BCUT2D eigenvalue weighted by Gasteiger charge is 2.18. The van der Waals surface area contributed by atoms with E-state index in [1.54, 1.807) is 0 Å². The zero-order valence-electron chi connectivity index (χ0n) is 15.4. The Balaban J connectivity index is 2.54. The van der Waals surface area contributed by atoms with E-state index in [2.05, 4.69) is 39.1 Å². The van der Waals surface area contributed by atoms with Crippen molar-refractivity contribution in [3.8, 4) is 5.75 Å². The Labute approximate surface area is 141 Å². The summed E-state index contributed by atoms with van der Waals surface area (Å²) < 4.78 is 5.90. The van der Waals surface area contributed by atoms with Gasteiger partial charge in [0.1, 0.15) is 5.75 Å². The maximum absolute atomic E-state index is 12.3. The summed E-state index contributed by atoms with van der Waals surface area (Å²) in [5, 5.41) is 3.05. The number of unbranched alkanes of at least 4 members (excludes halogenated alkanes) is 1. The van der Waals surface area contributed by atoms with Crippen molar-refractivity contribution in [1.82, 2.24) is 5.32 Å². The van der Waals surface area contributed by atoms with Crippen molar-refractivity contribution >= 4 is 5.91 Å². The first-order valence-corrected chi connectivity index (χ1v) is 9.02. The van der Waals surface area contributed by atoms with Gasteiger partial charge in [0.15, 0.2) is 6.10 Å². The molecular formula is C20H33NO2. The van der Waals surface area contributed by atoms with Crippen molar-refractivity contribution in [3.05, 3.63) is 29.8 Å². The molecule has 23 heavy (non-hydrogen) atoms. The van der Waals surface area contributed by atoms with Gasteiger partial charge in [0.05, 0.1) is 0 Å². The zero-order valence-corrected chi connectivity index (χ0v) is 15.4. The van der Waals surface area contributed by atoms with E-state index in [9.17, 15) is 4.79 Å². The van der Waals surface area contributed by atoms with Gasteiger partial charge in [-0.25, -0.2) is 0 Å². The van der Waals surface area contributed by atoms with E-state index in [4.69, 9.17) is 4.74 Å². The first-order chi connectivity index (χ1) is 11.0. The molecule has 0 bridgehead atoms. The van der Waals surface area contributed by atoms with E-state index in [0.717, 1.165) is 24.3 Å². The van der Waals surface area contributed by atoms with E-state index in [1.807, 2.05) is 25.1 Å². The summed E-state index contributed by atoms with van der Waals surface area (Å²) in [6.45, 7) is 11.2. The maximum Gasteiger partial charge on any atom is 0.260 e. The van der Waals surface area contributed by atoms with Gasteiger partial charge in [-0.15, -0.1) is 0 Å². The highest BCUT2D eigenvalue weighted by molar-refractivity contribution is 5.80.